The lowest BCUT2D eigenvalue weighted by Gasteiger charge is -2.27. The van der Waals surface area contributed by atoms with E-state index in [2.05, 4.69) is 10.3 Å². The van der Waals surface area contributed by atoms with Crippen LogP contribution in [0.25, 0.3) is 0 Å². The fourth-order valence-electron chi connectivity index (χ4n) is 3.34. The van der Waals surface area contributed by atoms with Gasteiger partial charge in [0.1, 0.15) is 5.75 Å². The molecule has 0 unspecified atom stereocenters. The number of halogens is 1. The summed E-state index contributed by atoms with van der Waals surface area (Å²) in [6.45, 7) is 0. The van der Waals surface area contributed by atoms with E-state index in [-0.39, 0.29) is 17.8 Å². The Morgan fingerprint density at radius 2 is 2.08 bits per heavy atom. The minimum atomic E-state index is -0.164. The van der Waals surface area contributed by atoms with Gasteiger partial charge in [0.25, 0.3) is 0 Å². The fraction of sp³-hybridized carbons (Fsp3) is 0.158. The highest BCUT2D eigenvalue weighted by Gasteiger charge is 2.41. The Morgan fingerprint density at radius 3 is 2.77 bits per heavy atom. The van der Waals surface area contributed by atoms with Gasteiger partial charge in [0, 0.05) is 30.7 Å². The molecule has 1 aliphatic rings. The summed E-state index contributed by atoms with van der Waals surface area (Å²) in [6.07, 6.45) is 5.80. The van der Waals surface area contributed by atoms with Gasteiger partial charge in [-0.1, -0.05) is 17.7 Å². The molecule has 7 heteroatoms. The van der Waals surface area contributed by atoms with Crippen LogP contribution in [0.2, 0.25) is 5.02 Å². The number of pyridine rings is 1. The maximum Gasteiger partial charge on any atom is 0.174 e. The van der Waals surface area contributed by atoms with Gasteiger partial charge in [-0.2, -0.15) is 0 Å². The average molecular weight is 385 g/mol. The van der Waals surface area contributed by atoms with Gasteiger partial charge in [0.2, 0.25) is 0 Å². The van der Waals surface area contributed by atoms with Gasteiger partial charge in [0.05, 0.1) is 23.5 Å². The van der Waals surface area contributed by atoms with Gasteiger partial charge >= 0.3 is 0 Å². The maximum absolute atomic E-state index is 10.4. The molecule has 1 aliphatic heterocycles. The summed E-state index contributed by atoms with van der Waals surface area (Å²) in [5, 5.41) is 14.8. The Hall–Kier alpha value is -2.57. The first-order chi connectivity index (χ1) is 12.5. The monoisotopic (exact) mass is 384 g/mol. The molecule has 0 bridgehead atoms. The molecule has 1 saturated heterocycles. The van der Waals surface area contributed by atoms with E-state index < -0.39 is 0 Å². The van der Waals surface area contributed by atoms with E-state index >= 15 is 0 Å². The zero-order valence-corrected chi connectivity index (χ0v) is 15.6. The van der Waals surface area contributed by atoms with Crippen LogP contribution in [0.4, 0.5) is 5.69 Å². The minimum absolute atomic E-state index is 0.126. The van der Waals surface area contributed by atoms with Gasteiger partial charge < -0.3 is 19.9 Å². The highest BCUT2D eigenvalue weighted by atomic mass is 35.5. The van der Waals surface area contributed by atoms with Gasteiger partial charge in [-0.25, -0.2) is 0 Å². The van der Waals surface area contributed by atoms with Crippen molar-refractivity contribution in [1.82, 2.24) is 14.9 Å². The summed E-state index contributed by atoms with van der Waals surface area (Å²) in [4.78, 5) is 6.41. The maximum atomic E-state index is 10.4. The number of nitrogens with one attached hydrogen (secondary N) is 1. The standard InChI is InChI=1S/C19H17ClN4OS/c1-23-9-7-12(11-23)18-17(14-4-2-3-8-21-14)22-19(26)24(18)15-10-13(20)5-6-16(15)25/h2-11,17-18,25H,1H3,(H,22,26)/t17-,18-/m1/s1. The summed E-state index contributed by atoms with van der Waals surface area (Å²) in [6, 6.07) is 12.5. The molecule has 4 rings (SSSR count). The Bertz CT molecular complexity index is 959. The number of aromatic hydroxyl groups is 1. The van der Waals surface area contributed by atoms with Crippen molar-refractivity contribution >= 4 is 34.6 Å². The predicted molar refractivity (Wildman–Crippen MR) is 106 cm³/mol. The summed E-state index contributed by atoms with van der Waals surface area (Å²) >= 11 is 11.8. The number of phenols is 1. The van der Waals surface area contributed by atoms with Crippen molar-refractivity contribution in [3.05, 3.63) is 77.3 Å². The van der Waals surface area contributed by atoms with Crippen LogP contribution < -0.4 is 10.2 Å². The zero-order chi connectivity index (χ0) is 18.3. The van der Waals surface area contributed by atoms with Gasteiger partial charge in [0.15, 0.2) is 5.11 Å². The van der Waals surface area contributed by atoms with Crippen LogP contribution in [0.5, 0.6) is 5.75 Å². The SMILES string of the molecule is Cn1ccc([C@@H]2[C@@H](c3ccccn3)NC(=S)N2c2cc(Cl)ccc2O)c1. The molecule has 26 heavy (non-hydrogen) atoms. The van der Waals surface area contributed by atoms with E-state index in [1.807, 2.05) is 53.2 Å². The molecule has 1 fully saturated rings. The van der Waals surface area contributed by atoms with E-state index in [1.165, 1.54) is 0 Å². The highest BCUT2D eigenvalue weighted by Crippen LogP contribution is 2.44. The predicted octanol–water partition coefficient (Wildman–Crippen LogP) is 3.96. The van der Waals surface area contributed by atoms with E-state index in [1.54, 1.807) is 24.4 Å². The summed E-state index contributed by atoms with van der Waals surface area (Å²) in [5.74, 6) is 0.126. The summed E-state index contributed by atoms with van der Waals surface area (Å²) in [7, 11) is 1.97. The number of benzene rings is 1. The molecular weight excluding hydrogens is 368 g/mol. The van der Waals surface area contributed by atoms with E-state index in [9.17, 15) is 5.11 Å². The first kappa shape index (κ1) is 16.9. The number of hydrogen-bond acceptors (Lipinski definition) is 3. The molecule has 2 atom stereocenters. The molecule has 5 nitrogen and oxygen atoms in total. The lowest BCUT2D eigenvalue weighted by molar-refractivity contribution is 0.473. The van der Waals surface area contributed by atoms with Crippen LogP contribution >= 0.6 is 23.8 Å². The molecule has 0 amide bonds. The third-order valence-electron chi connectivity index (χ3n) is 4.49. The molecule has 132 valence electrons. The quantitative estimate of drug-likeness (QED) is 0.669. The van der Waals surface area contributed by atoms with Gasteiger partial charge in [-0.15, -0.1) is 0 Å². The number of hydrogen-bond donors (Lipinski definition) is 2. The smallest absolute Gasteiger partial charge is 0.174 e. The number of rotatable bonds is 3. The van der Waals surface area contributed by atoms with Crippen LogP contribution in [0, 0.1) is 0 Å². The molecule has 0 saturated carbocycles. The summed E-state index contributed by atoms with van der Waals surface area (Å²) in [5.41, 5.74) is 2.52. The molecule has 2 aromatic heterocycles. The van der Waals surface area contributed by atoms with Crippen molar-refractivity contribution in [2.45, 2.75) is 12.1 Å². The summed E-state index contributed by atoms with van der Waals surface area (Å²) < 4.78 is 1.99. The van der Waals surface area contributed by atoms with E-state index in [4.69, 9.17) is 23.8 Å². The minimum Gasteiger partial charge on any atom is -0.506 e. The average Bonchev–Trinajstić information content (AvgIpc) is 3.21. The normalized spacial score (nSPS) is 19.6. The Kier molecular flexibility index (Phi) is 4.30. The Balaban J connectivity index is 1.86. The fourth-order valence-corrected chi connectivity index (χ4v) is 3.85. The molecule has 3 aromatic rings. The van der Waals surface area contributed by atoms with E-state index in [0.29, 0.717) is 15.8 Å². The largest absolute Gasteiger partial charge is 0.506 e. The van der Waals surface area contributed by atoms with Crippen molar-refractivity contribution in [3.63, 3.8) is 0 Å². The number of nitrogens with zero attached hydrogens (tertiary/aromatic N) is 3. The van der Waals surface area contributed by atoms with Crippen molar-refractivity contribution < 1.29 is 5.11 Å². The lowest BCUT2D eigenvalue weighted by atomic mass is 9.98. The van der Waals surface area contributed by atoms with Crippen LogP contribution in [0.3, 0.4) is 0 Å². The topological polar surface area (TPSA) is 53.3 Å². The van der Waals surface area contributed by atoms with Crippen molar-refractivity contribution in [1.29, 1.82) is 0 Å². The third-order valence-corrected chi connectivity index (χ3v) is 5.04. The molecule has 2 N–H and O–H groups in total. The number of aromatic nitrogens is 2. The molecule has 0 radical (unpaired) electrons. The Labute approximate surface area is 161 Å². The van der Waals surface area contributed by atoms with Gasteiger partial charge in [-0.3, -0.25) is 4.98 Å². The lowest BCUT2D eigenvalue weighted by Crippen LogP contribution is -2.29. The van der Waals surface area contributed by atoms with Crippen LogP contribution in [-0.2, 0) is 7.05 Å². The Morgan fingerprint density at radius 1 is 1.23 bits per heavy atom. The van der Waals surface area contributed by atoms with E-state index in [0.717, 1.165) is 11.3 Å². The molecule has 1 aromatic carbocycles. The second-order valence-corrected chi connectivity index (χ2v) is 7.06. The first-order valence-electron chi connectivity index (χ1n) is 8.15. The molecule has 3 heterocycles. The number of anilines is 1. The number of thiocarbonyl (C=S) groups is 1. The van der Waals surface area contributed by atoms with Crippen molar-refractivity contribution in [2.75, 3.05) is 4.90 Å². The second kappa shape index (κ2) is 6.63. The van der Waals surface area contributed by atoms with Crippen molar-refractivity contribution in [2.24, 2.45) is 7.05 Å². The second-order valence-electron chi connectivity index (χ2n) is 6.24. The van der Waals surface area contributed by atoms with Crippen molar-refractivity contribution in [3.8, 4) is 5.75 Å². The molecular formula is C19H17ClN4OS. The first-order valence-corrected chi connectivity index (χ1v) is 8.94. The number of phenolic OH excluding ortho intramolecular Hbond substituents is 1. The molecule has 0 aliphatic carbocycles. The highest BCUT2D eigenvalue weighted by molar-refractivity contribution is 7.80. The number of aryl methyl sites for hydroxylation is 1. The van der Waals surface area contributed by atoms with Crippen LogP contribution in [0.15, 0.2) is 61.1 Å². The third kappa shape index (κ3) is 2.91. The zero-order valence-electron chi connectivity index (χ0n) is 14.0. The van der Waals surface area contributed by atoms with Crippen LogP contribution in [-0.4, -0.2) is 19.8 Å². The van der Waals surface area contributed by atoms with Gasteiger partial charge in [-0.05, 0) is 54.2 Å². The molecule has 0 spiro atoms. The van der Waals surface area contributed by atoms with Crippen LogP contribution in [0.1, 0.15) is 23.3 Å².